The number of morpholine rings is 1. The van der Waals surface area contributed by atoms with E-state index < -0.39 is 0 Å². The van der Waals surface area contributed by atoms with Gasteiger partial charge < -0.3 is 15.4 Å². The molecule has 1 fully saturated rings. The lowest BCUT2D eigenvalue weighted by Gasteiger charge is -2.31. The van der Waals surface area contributed by atoms with Crippen molar-refractivity contribution >= 4 is 17.3 Å². The molecule has 2 aromatic rings. The normalized spacial score (nSPS) is 19.4. The number of aromatic nitrogens is 1. The molecule has 116 valence electrons. The second kappa shape index (κ2) is 6.89. The first-order valence-corrected chi connectivity index (χ1v) is 8.26. The summed E-state index contributed by atoms with van der Waals surface area (Å²) < 4.78 is 5.51. The lowest BCUT2D eigenvalue weighted by atomic mass is 10.2. The predicted molar refractivity (Wildman–Crippen MR) is 89.9 cm³/mol. The second-order valence-corrected chi connectivity index (χ2v) is 6.17. The van der Waals surface area contributed by atoms with Gasteiger partial charge in [0.15, 0.2) is 5.96 Å². The first kappa shape index (κ1) is 15.0. The molecule has 1 saturated heterocycles. The number of guanidine groups is 1. The molecule has 3 rings (SSSR count). The third-order valence-corrected chi connectivity index (χ3v) is 4.48. The summed E-state index contributed by atoms with van der Waals surface area (Å²) in [5.41, 5.74) is 8.16. The van der Waals surface area contributed by atoms with Crippen LogP contribution in [0.25, 0.3) is 10.6 Å². The molecule has 1 aromatic carbocycles. The molecular weight excluding hydrogens is 296 g/mol. The zero-order valence-corrected chi connectivity index (χ0v) is 13.4. The molecule has 5 nitrogen and oxygen atoms in total. The van der Waals surface area contributed by atoms with Crippen LogP contribution >= 0.6 is 11.3 Å². The van der Waals surface area contributed by atoms with E-state index in [0.29, 0.717) is 19.1 Å². The van der Waals surface area contributed by atoms with Gasteiger partial charge in [-0.05, 0) is 6.92 Å². The van der Waals surface area contributed by atoms with Crippen LogP contribution in [-0.2, 0) is 11.3 Å². The number of thiazole rings is 1. The van der Waals surface area contributed by atoms with E-state index in [1.165, 1.54) is 0 Å². The molecule has 1 unspecified atom stereocenters. The van der Waals surface area contributed by atoms with E-state index in [-0.39, 0.29) is 6.10 Å². The average Bonchev–Trinajstić information content (AvgIpc) is 3.02. The Hall–Kier alpha value is -1.92. The van der Waals surface area contributed by atoms with E-state index in [0.717, 1.165) is 29.4 Å². The molecule has 22 heavy (non-hydrogen) atoms. The van der Waals surface area contributed by atoms with Crippen molar-refractivity contribution in [2.24, 2.45) is 10.7 Å². The number of rotatable bonds is 3. The Morgan fingerprint density at radius 2 is 2.27 bits per heavy atom. The number of hydrogen-bond acceptors (Lipinski definition) is 4. The Morgan fingerprint density at radius 3 is 3.05 bits per heavy atom. The smallest absolute Gasteiger partial charge is 0.191 e. The molecule has 0 radical (unpaired) electrons. The van der Waals surface area contributed by atoms with Gasteiger partial charge in [0.05, 0.1) is 24.9 Å². The first-order chi connectivity index (χ1) is 10.7. The molecule has 0 bridgehead atoms. The van der Waals surface area contributed by atoms with Gasteiger partial charge in [-0.15, -0.1) is 11.3 Å². The highest BCUT2D eigenvalue weighted by Gasteiger charge is 2.18. The van der Waals surface area contributed by atoms with Crippen LogP contribution in [0.1, 0.15) is 12.6 Å². The van der Waals surface area contributed by atoms with Crippen LogP contribution in [0, 0.1) is 0 Å². The number of nitrogens with two attached hydrogens (primary N) is 1. The molecule has 6 heteroatoms. The minimum Gasteiger partial charge on any atom is -0.375 e. The van der Waals surface area contributed by atoms with Crippen molar-refractivity contribution in [1.82, 2.24) is 9.88 Å². The SMILES string of the molecule is CC1CN(C(N)=NCc2csc(-c3ccccc3)n2)CCO1. The van der Waals surface area contributed by atoms with Crippen molar-refractivity contribution in [2.75, 3.05) is 19.7 Å². The predicted octanol–water partition coefficient (Wildman–Crippen LogP) is 2.35. The Labute approximate surface area is 134 Å². The van der Waals surface area contributed by atoms with E-state index in [4.69, 9.17) is 10.5 Å². The Bertz CT molecular complexity index is 641. The number of benzene rings is 1. The summed E-state index contributed by atoms with van der Waals surface area (Å²) in [6, 6.07) is 10.2. The van der Waals surface area contributed by atoms with Crippen LogP contribution < -0.4 is 5.73 Å². The lowest BCUT2D eigenvalue weighted by Crippen LogP contribution is -2.47. The van der Waals surface area contributed by atoms with Gasteiger partial charge in [0, 0.05) is 24.0 Å². The third kappa shape index (κ3) is 3.64. The van der Waals surface area contributed by atoms with Crippen molar-refractivity contribution in [2.45, 2.75) is 19.6 Å². The van der Waals surface area contributed by atoms with Crippen LogP contribution in [0.15, 0.2) is 40.7 Å². The number of hydrogen-bond donors (Lipinski definition) is 1. The summed E-state index contributed by atoms with van der Waals surface area (Å²) >= 11 is 1.64. The largest absolute Gasteiger partial charge is 0.375 e. The van der Waals surface area contributed by atoms with Gasteiger partial charge in [0.25, 0.3) is 0 Å². The van der Waals surface area contributed by atoms with Crippen LogP contribution in [0.3, 0.4) is 0 Å². The fourth-order valence-corrected chi connectivity index (χ4v) is 3.20. The zero-order chi connectivity index (χ0) is 15.4. The molecule has 1 aromatic heterocycles. The van der Waals surface area contributed by atoms with Crippen molar-refractivity contribution in [3.63, 3.8) is 0 Å². The minimum atomic E-state index is 0.200. The summed E-state index contributed by atoms with van der Waals surface area (Å²) in [7, 11) is 0. The van der Waals surface area contributed by atoms with Gasteiger partial charge in [-0.1, -0.05) is 30.3 Å². The quantitative estimate of drug-likeness (QED) is 0.697. The average molecular weight is 316 g/mol. The van der Waals surface area contributed by atoms with Crippen LogP contribution in [-0.4, -0.2) is 41.6 Å². The fraction of sp³-hybridized carbons (Fsp3) is 0.375. The highest BCUT2D eigenvalue weighted by molar-refractivity contribution is 7.13. The monoisotopic (exact) mass is 316 g/mol. The van der Waals surface area contributed by atoms with Gasteiger partial charge in [0.2, 0.25) is 0 Å². The summed E-state index contributed by atoms with van der Waals surface area (Å²) in [5, 5.41) is 3.06. The van der Waals surface area contributed by atoms with Crippen molar-refractivity contribution in [3.05, 3.63) is 41.4 Å². The van der Waals surface area contributed by atoms with Gasteiger partial charge in [-0.25, -0.2) is 9.98 Å². The van der Waals surface area contributed by atoms with Gasteiger partial charge in [-0.2, -0.15) is 0 Å². The summed E-state index contributed by atoms with van der Waals surface area (Å²) in [5.74, 6) is 0.574. The lowest BCUT2D eigenvalue weighted by molar-refractivity contribution is 0.00528. The number of aliphatic imine (C=N–C) groups is 1. The zero-order valence-electron chi connectivity index (χ0n) is 12.6. The Kier molecular flexibility index (Phi) is 4.70. The molecule has 0 spiro atoms. The van der Waals surface area contributed by atoms with Gasteiger partial charge in [-0.3, -0.25) is 0 Å². The van der Waals surface area contributed by atoms with Crippen molar-refractivity contribution in [1.29, 1.82) is 0 Å². The Balaban J connectivity index is 1.64. The van der Waals surface area contributed by atoms with Crippen LogP contribution in [0.5, 0.6) is 0 Å². The van der Waals surface area contributed by atoms with E-state index in [1.54, 1.807) is 11.3 Å². The van der Waals surface area contributed by atoms with E-state index >= 15 is 0 Å². The highest BCUT2D eigenvalue weighted by atomic mass is 32.1. The maximum Gasteiger partial charge on any atom is 0.191 e. The van der Waals surface area contributed by atoms with E-state index in [9.17, 15) is 0 Å². The van der Waals surface area contributed by atoms with Gasteiger partial charge >= 0.3 is 0 Å². The molecule has 2 heterocycles. The van der Waals surface area contributed by atoms with Crippen LogP contribution in [0.4, 0.5) is 0 Å². The Morgan fingerprint density at radius 1 is 1.45 bits per heavy atom. The van der Waals surface area contributed by atoms with Gasteiger partial charge in [0.1, 0.15) is 5.01 Å². The first-order valence-electron chi connectivity index (χ1n) is 7.38. The van der Waals surface area contributed by atoms with Crippen molar-refractivity contribution in [3.8, 4) is 10.6 Å². The summed E-state index contributed by atoms with van der Waals surface area (Å²) in [4.78, 5) is 11.2. The molecule has 0 aliphatic carbocycles. The van der Waals surface area contributed by atoms with Crippen LogP contribution in [0.2, 0.25) is 0 Å². The van der Waals surface area contributed by atoms with E-state index in [1.807, 2.05) is 30.5 Å². The molecule has 1 aliphatic heterocycles. The topological polar surface area (TPSA) is 63.7 Å². The maximum atomic E-state index is 6.07. The second-order valence-electron chi connectivity index (χ2n) is 5.31. The standard InChI is InChI=1S/C16H20N4OS/c1-12-10-20(7-8-21-12)16(17)18-9-14-11-22-15(19-14)13-5-3-2-4-6-13/h2-6,11-12H,7-10H2,1H3,(H2,17,18). The summed E-state index contributed by atoms with van der Waals surface area (Å²) in [6.45, 7) is 4.85. The maximum absolute atomic E-state index is 6.07. The summed E-state index contributed by atoms with van der Waals surface area (Å²) in [6.07, 6.45) is 0.200. The third-order valence-electron chi connectivity index (χ3n) is 3.54. The minimum absolute atomic E-state index is 0.200. The number of nitrogens with zero attached hydrogens (tertiary/aromatic N) is 3. The molecule has 1 aliphatic rings. The van der Waals surface area contributed by atoms with Crippen molar-refractivity contribution < 1.29 is 4.74 Å². The highest BCUT2D eigenvalue weighted by Crippen LogP contribution is 2.23. The molecule has 0 amide bonds. The molecule has 0 saturated carbocycles. The molecule has 1 atom stereocenters. The molecular formula is C16H20N4OS. The number of ether oxygens (including phenoxy) is 1. The molecule has 2 N–H and O–H groups in total. The fourth-order valence-electron chi connectivity index (χ4n) is 2.38. The van der Waals surface area contributed by atoms with E-state index in [2.05, 4.69) is 27.0 Å².